The van der Waals surface area contributed by atoms with E-state index < -0.39 is 0 Å². The molecule has 1 aliphatic carbocycles. The summed E-state index contributed by atoms with van der Waals surface area (Å²) in [6.07, 6.45) is 12.0. The molecule has 1 atom stereocenters. The van der Waals surface area contributed by atoms with Crippen LogP contribution in [0.2, 0.25) is 0 Å². The van der Waals surface area contributed by atoms with Gasteiger partial charge in [0, 0.05) is 37.7 Å². The van der Waals surface area contributed by atoms with Gasteiger partial charge in [0.05, 0.1) is 12.0 Å². The van der Waals surface area contributed by atoms with Crippen LogP contribution in [0.3, 0.4) is 0 Å². The van der Waals surface area contributed by atoms with E-state index >= 15 is 0 Å². The third-order valence-corrected chi connectivity index (χ3v) is 6.03. The van der Waals surface area contributed by atoms with Gasteiger partial charge >= 0.3 is 0 Å². The van der Waals surface area contributed by atoms with Crippen molar-refractivity contribution >= 4 is 5.78 Å². The molecule has 1 saturated carbocycles. The number of piperidine rings is 1. The molecule has 4 nitrogen and oxygen atoms in total. The van der Waals surface area contributed by atoms with E-state index in [0.717, 1.165) is 38.0 Å². The Kier molecular flexibility index (Phi) is 5.49. The lowest BCUT2D eigenvalue weighted by Crippen LogP contribution is -2.39. The van der Waals surface area contributed by atoms with Crippen molar-refractivity contribution in [2.24, 2.45) is 5.92 Å². The van der Waals surface area contributed by atoms with Crippen LogP contribution < -0.4 is 0 Å². The minimum atomic E-state index is 0.173. The topological polar surface area (TPSA) is 38.1 Å². The predicted molar refractivity (Wildman–Crippen MR) is 103 cm³/mol. The summed E-state index contributed by atoms with van der Waals surface area (Å²) in [5, 5.41) is 0. The quantitative estimate of drug-likeness (QED) is 0.789. The minimum absolute atomic E-state index is 0.173. The first-order chi connectivity index (χ1) is 12.8. The molecule has 0 amide bonds. The monoisotopic (exact) mass is 351 g/mol. The molecule has 4 rings (SSSR count). The summed E-state index contributed by atoms with van der Waals surface area (Å²) in [6.45, 7) is 2.90. The van der Waals surface area contributed by atoms with E-state index in [1.54, 1.807) is 0 Å². The number of hydrogen-bond donors (Lipinski definition) is 0. The second-order valence-corrected chi connectivity index (χ2v) is 7.93. The third kappa shape index (κ3) is 4.07. The SMILES string of the molecule is O=C(Cc1ccccc1)[C@H]1CCCN(Cc2cncn2C2CCCC2)C1. The fraction of sp³-hybridized carbons (Fsp3) is 0.545. The van der Waals surface area contributed by atoms with Crippen LogP contribution in [-0.2, 0) is 17.8 Å². The van der Waals surface area contributed by atoms with Gasteiger partial charge in [-0.2, -0.15) is 0 Å². The minimum Gasteiger partial charge on any atom is -0.330 e. The number of nitrogens with zero attached hydrogens (tertiary/aromatic N) is 3. The molecule has 138 valence electrons. The Hall–Kier alpha value is -1.94. The van der Waals surface area contributed by atoms with Crippen LogP contribution in [0.25, 0.3) is 0 Å². The Morgan fingerprint density at radius 2 is 1.88 bits per heavy atom. The first-order valence-electron chi connectivity index (χ1n) is 10.1. The van der Waals surface area contributed by atoms with Gasteiger partial charge in [-0.25, -0.2) is 4.98 Å². The van der Waals surface area contributed by atoms with Gasteiger partial charge in [0.15, 0.2) is 0 Å². The Morgan fingerprint density at radius 1 is 1.08 bits per heavy atom. The summed E-state index contributed by atoms with van der Waals surface area (Å²) in [5.41, 5.74) is 2.45. The van der Waals surface area contributed by atoms with Gasteiger partial charge in [0.1, 0.15) is 5.78 Å². The van der Waals surface area contributed by atoms with Crippen LogP contribution in [0.5, 0.6) is 0 Å². The maximum Gasteiger partial charge on any atom is 0.141 e. The van der Waals surface area contributed by atoms with Gasteiger partial charge in [-0.05, 0) is 37.8 Å². The molecule has 1 aromatic carbocycles. The number of imidazole rings is 1. The lowest BCUT2D eigenvalue weighted by molar-refractivity contribution is -0.124. The smallest absolute Gasteiger partial charge is 0.141 e. The molecule has 0 unspecified atom stereocenters. The molecular weight excluding hydrogens is 322 g/mol. The van der Waals surface area contributed by atoms with Crippen molar-refractivity contribution in [1.29, 1.82) is 0 Å². The van der Waals surface area contributed by atoms with E-state index in [0.29, 0.717) is 18.2 Å². The average molecular weight is 351 g/mol. The standard InChI is InChI=1S/C22H29N3O/c26-22(13-18-7-2-1-3-8-18)19-9-6-12-24(15-19)16-21-14-23-17-25(21)20-10-4-5-11-20/h1-3,7-8,14,17,19-20H,4-6,9-13,15-16H2/t19-/m0/s1. The van der Waals surface area contributed by atoms with Crippen LogP contribution in [0.4, 0.5) is 0 Å². The molecule has 2 heterocycles. The summed E-state index contributed by atoms with van der Waals surface area (Å²) in [6, 6.07) is 10.8. The predicted octanol–water partition coefficient (Wildman–Crippen LogP) is 4.02. The van der Waals surface area contributed by atoms with Gasteiger partial charge in [-0.15, -0.1) is 0 Å². The highest BCUT2D eigenvalue weighted by atomic mass is 16.1. The number of likely N-dealkylation sites (tertiary alicyclic amines) is 1. The number of carbonyl (C=O) groups is 1. The highest BCUT2D eigenvalue weighted by molar-refractivity contribution is 5.83. The molecule has 26 heavy (non-hydrogen) atoms. The zero-order valence-electron chi connectivity index (χ0n) is 15.5. The number of ketones is 1. The van der Waals surface area contributed by atoms with Gasteiger partial charge < -0.3 is 4.57 Å². The molecule has 1 saturated heterocycles. The van der Waals surface area contributed by atoms with Crippen molar-refractivity contribution in [3.8, 4) is 0 Å². The normalized spacial score (nSPS) is 21.9. The van der Waals surface area contributed by atoms with E-state index in [1.807, 2.05) is 30.7 Å². The molecule has 0 N–H and O–H groups in total. The zero-order valence-corrected chi connectivity index (χ0v) is 15.5. The second kappa shape index (κ2) is 8.17. The Balaban J connectivity index is 1.37. The first kappa shape index (κ1) is 17.5. The van der Waals surface area contributed by atoms with Crippen molar-refractivity contribution in [3.05, 3.63) is 54.1 Å². The fourth-order valence-corrected chi connectivity index (χ4v) is 4.60. The van der Waals surface area contributed by atoms with E-state index in [-0.39, 0.29) is 5.92 Å². The molecule has 0 bridgehead atoms. The second-order valence-electron chi connectivity index (χ2n) is 7.93. The molecule has 2 aromatic rings. The summed E-state index contributed by atoms with van der Waals surface area (Å²) in [4.78, 5) is 19.6. The zero-order chi connectivity index (χ0) is 17.8. The van der Waals surface area contributed by atoms with Gasteiger partial charge in [0.25, 0.3) is 0 Å². The van der Waals surface area contributed by atoms with Gasteiger partial charge in [-0.1, -0.05) is 43.2 Å². The van der Waals surface area contributed by atoms with E-state index in [4.69, 9.17) is 0 Å². The van der Waals surface area contributed by atoms with Crippen molar-refractivity contribution in [2.75, 3.05) is 13.1 Å². The number of carbonyl (C=O) groups excluding carboxylic acids is 1. The van der Waals surface area contributed by atoms with Gasteiger partial charge in [0.2, 0.25) is 0 Å². The molecule has 0 spiro atoms. The fourth-order valence-electron chi connectivity index (χ4n) is 4.60. The van der Waals surface area contributed by atoms with Crippen molar-refractivity contribution in [2.45, 2.75) is 57.5 Å². The number of benzene rings is 1. The number of Topliss-reactive ketones (excluding diaryl/α,β-unsaturated/α-hetero) is 1. The van der Waals surface area contributed by atoms with Crippen molar-refractivity contribution in [3.63, 3.8) is 0 Å². The maximum atomic E-state index is 12.7. The van der Waals surface area contributed by atoms with E-state index in [9.17, 15) is 4.79 Å². The molecule has 0 radical (unpaired) electrons. The summed E-state index contributed by atoms with van der Waals surface area (Å²) >= 11 is 0. The Morgan fingerprint density at radius 3 is 2.69 bits per heavy atom. The van der Waals surface area contributed by atoms with Crippen LogP contribution in [0.15, 0.2) is 42.9 Å². The van der Waals surface area contributed by atoms with E-state index in [2.05, 4.69) is 26.6 Å². The molecule has 2 fully saturated rings. The van der Waals surface area contributed by atoms with Crippen molar-refractivity contribution < 1.29 is 4.79 Å². The van der Waals surface area contributed by atoms with E-state index in [1.165, 1.54) is 31.4 Å². The highest BCUT2D eigenvalue weighted by Crippen LogP contribution is 2.31. The number of aromatic nitrogens is 2. The summed E-state index contributed by atoms with van der Waals surface area (Å²) in [5.74, 6) is 0.567. The largest absolute Gasteiger partial charge is 0.330 e. The Bertz CT molecular complexity index is 718. The molecule has 4 heteroatoms. The summed E-state index contributed by atoms with van der Waals surface area (Å²) < 4.78 is 2.39. The van der Waals surface area contributed by atoms with Crippen LogP contribution in [-0.4, -0.2) is 33.3 Å². The number of hydrogen-bond acceptors (Lipinski definition) is 3. The lowest BCUT2D eigenvalue weighted by Gasteiger charge is -2.32. The first-order valence-corrected chi connectivity index (χ1v) is 10.1. The molecule has 1 aromatic heterocycles. The molecular formula is C22H29N3O. The summed E-state index contributed by atoms with van der Waals surface area (Å²) in [7, 11) is 0. The van der Waals surface area contributed by atoms with Crippen LogP contribution in [0, 0.1) is 5.92 Å². The van der Waals surface area contributed by atoms with Crippen LogP contribution in [0.1, 0.15) is 55.8 Å². The van der Waals surface area contributed by atoms with Crippen molar-refractivity contribution in [1.82, 2.24) is 14.5 Å². The Labute approximate surface area is 156 Å². The van der Waals surface area contributed by atoms with Gasteiger partial charge in [-0.3, -0.25) is 9.69 Å². The highest BCUT2D eigenvalue weighted by Gasteiger charge is 2.27. The van der Waals surface area contributed by atoms with Crippen LogP contribution >= 0.6 is 0 Å². The lowest BCUT2D eigenvalue weighted by atomic mass is 9.90. The average Bonchev–Trinajstić information content (AvgIpc) is 3.34. The molecule has 2 aliphatic rings. The number of rotatable bonds is 6. The molecule has 1 aliphatic heterocycles. The third-order valence-electron chi connectivity index (χ3n) is 6.03. The maximum absolute atomic E-state index is 12.7.